The molecular weight excluding hydrogens is 224 g/mol. The first-order valence-corrected chi connectivity index (χ1v) is 4.84. The largest absolute Gasteiger partial charge is 0.396 e. The molecule has 0 bridgehead atoms. The van der Waals surface area contributed by atoms with Gasteiger partial charge in [-0.15, -0.1) is 0 Å². The highest BCUT2D eigenvalue weighted by Crippen LogP contribution is 2.11. The Balaban J connectivity index is 3.82. The van der Waals surface area contributed by atoms with Gasteiger partial charge in [-0.2, -0.15) is 0 Å². The molecule has 15 heavy (non-hydrogen) atoms. The molecule has 0 rings (SSSR count). The lowest BCUT2D eigenvalue weighted by Crippen LogP contribution is -2.22. The maximum absolute atomic E-state index is 10.9. The molecule has 0 aliphatic rings. The van der Waals surface area contributed by atoms with Crippen molar-refractivity contribution in [2.45, 2.75) is 19.3 Å². The molecule has 86 valence electrons. The monoisotopic (exact) mass is 236 g/mol. The van der Waals surface area contributed by atoms with Gasteiger partial charge in [-0.05, 0) is 13.8 Å². The molecule has 7 heteroatoms. The Bertz CT molecular complexity index is 252. The normalized spacial score (nSPS) is 11.7. The first kappa shape index (κ1) is 13.9. The fourth-order valence-electron chi connectivity index (χ4n) is 0.363. The number of aliphatic hydroxyl groups excluding tert-OH is 1. The fourth-order valence-corrected chi connectivity index (χ4v) is 0.746. The van der Waals surface area contributed by atoms with Gasteiger partial charge in [0.05, 0.1) is 6.61 Å². The quantitative estimate of drug-likeness (QED) is 0.245. The van der Waals surface area contributed by atoms with Gasteiger partial charge in [-0.25, -0.2) is 19.4 Å². The molecule has 0 aromatic rings. The minimum Gasteiger partial charge on any atom is -0.370 e. The van der Waals surface area contributed by atoms with Crippen LogP contribution in [0.25, 0.3) is 0 Å². The van der Waals surface area contributed by atoms with E-state index in [1.165, 1.54) is 6.92 Å². The molecular formula is C8H12O6S. The topological polar surface area (TPSA) is 82.1 Å². The molecule has 0 saturated carbocycles. The van der Waals surface area contributed by atoms with E-state index in [9.17, 15) is 9.59 Å². The number of carbonyl (C=O) groups excluding carboxylic acids is 2. The van der Waals surface area contributed by atoms with Crippen LogP contribution >= 0.6 is 12.0 Å². The van der Waals surface area contributed by atoms with E-state index in [0.717, 1.165) is 0 Å². The summed E-state index contributed by atoms with van der Waals surface area (Å²) in [6.45, 7) is 6.67. The van der Waals surface area contributed by atoms with E-state index in [1.807, 2.05) is 0 Å². The van der Waals surface area contributed by atoms with Gasteiger partial charge in [-0.1, -0.05) is 6.58 Å². The van der Waals surface area contributed by atoms with Crippen LogP contribution in [0.5, 0.6) is 0 Å². The van der Waals surface area contributed by atoms with Gasteiger partial charge in [-0.3, -0.25) is 0 Å². The Morgan fingerprint density at radius 1 is 1.47 bits per heavy atom. The van der Waals surface area contributed by atoms with E-state index >= 15 is 0 Å². The van der Waals surface area contributed by atoms with Gasteiger partial charge in [0, 0.05) is 17.6 Å². The molecule has 0 fully saturated rings. The summed E-state index contributed by atoms with van der Waals surface area (Å²) in [5.41, 5.74) is -1.47. The molecule has 0 spiro atoms. The first-order valence-electron chi connectivity index (χ1n) is 4.03. The smallest absolute Gasteiger partial charge is 0.370 e. The van der Waals surface area contributed by atoms with Gasteiger partial charge in [0.2, 0.25) is 5.44 Å². The molecule has 0 radical (unpaired) electrons. The lowest BCUT2D eigenvalue weighted by molar-refractivity contribution is -0.258. The van der Waals surface area contributed by atoms with Crippen molar-refractivity contribution < 1.29 is 28.7 Å². The molecule has 1 atom stereocenters. The van der Waals surface area contributed by atoms with E-state index in [1.54, 1.807) is 6.92 Å². The van der Waals surface area contributed by atoms with Crippen LogP contribution in [-0.4, -0.2) is 29.1 Å². The van der Waals surface area contributed by atoms with Gasteiger partial charge in [0.25, 0.3) is 0 Å². The van der Waals surface area contributed by atoms with Crippen molar-refractivity contribution in [3.63, 3.8) is 0 Å². The van der Waals surface area contributed by atoms with Gasteiger partial charge >= 0.3 is 11.9 Å². The van der Waals surface area contributed by atoms with E-state index < -0.39 is 17.4 Å². The summed E-state index contributed by atoms with van der Waals surface area (Å²) in [4.78, 5) is 29.7. The molecule has 0 amide bonds. The second-order valence-corrected chi connectivity index (χ2v) is 3.28. The molecule has 0 heterocycles. The molecule has 0 aliphatic carbocycles. The van der Waals surface area contributed by atoms with Crippen molar-refractivity contribution in [2.24, 2.45) is 0 Å². The van der Waals surface area contributed by atoms with E-state index in [2.05, 4.69) is 20.5 Å². The third kappa shape index (κ3) is 6.10. The second kappa shape index (κ2) is 7.27. The number of carbonyl (C=O) groups is 2. The Hall–Kier alpha value is -1.05. The molecule has 0 aromatic carbocycles. The predicted octanol–water partition coefficient (Wildman–Crippen LogP) is 0.567. The van der Waals surface area contributed by atoms with Crippen LogP contribution in [0.3, 0.4) is 0 Å². The van der Waals surface area contributed by atoms with Crippen molar-refractivity contribution in [3.05, 3.63) is 12.2 Å². The third-order valence-corrected chi connectivity index (χ3v) is 1.77. The van der Waals surface area contributed by atoms with Crippen molar-refractivity contribution in [3.8, 4) is 0 Å². The summed E-state index contributed by atoms with van der Waals surface area (Å²) in [5, 5.41) is 9.05. The maximum Gasteiger partial charge on any atom is 0.396 e. The molecule has 6 nitrogen and oxygen atoms in total. The minimum atomic E-state index is -1.55. The molecule has 1 unspecified atom stereocenters. The standard InChI is InChI=1S/C8H12O6S/c1-4-12-15-8(11)7(10)14-13-6(9)5(2)3/h8,11H,2,4H2,1,3H3. The van der Waals surface area contributed by atoms with Gasteiger partial charge < -0.3 is 9.29 Å². The van der Waals surface area contributed by atoms with Crippen LogP contribution < -0.4 is 0 Å². The summed E-state index contributed by atoms with van der Waals surface area (Å²) in [6, 6.07) is 0. The highest BCUT2D eigenvalue weighted by molar-refractivity contribution is 7.95. The van der Waals surface area contributed by atoms with Crippen molar-refractivity contribution in [2.75, 3.05) is 6.61 Å². The summed E-state index contributed by atoms with van der Waals surface area (Å²) in [5.74, 6) is -2.00. The van der Waals surface area contributed by atoms with E-state index in [-0.39, 0.29) is 5.57 Å². The van der Waals surface area contributed by atoms with Crippen molar-refractivity contribution in [1.29, 1.82) is 0 Å². The SMILES string of the molecule is C=C(C)C(=O)OOC(=O)C(O)SOCC. The van der Waals surface area contributed by atoms with Gasteiger partial charge in [0.15, 0.2) is 0 Å². The summed E-state index contributed by atoms with van der Waals surface area (Å²) >= 11 is 0.512. The minimum absolute atomic E-state index is 0.0785. The summed E-state index contributed by atoms with van der Waals surface area (Å²) in [6.07, 6.45) is 0. The molecule has 0 aromatic heterocycles. The van der Waals surface area contributed by atoms with Crippen molar-refractivity contribution in [1.82, 2.24) is 0 Å². The zero-order valence-electron chi connectivity index (χ0n) is 8.39. The summed E-state index contributed by atoms with van der Waals surface area (Å²) in [7, 11) is 0. The molecule has 0 saturated heterocycles. The van der Waals surface area contributed by atoms with Gasteiger partial charge in [0.1, 0.15) is 0 Å². The van der Waals surface area contributed by atoms with Crippen LogP contribution in [0.15, 0.2) is 12.2 Å². The third-order valence-electron chi connectivity index (χ3n) is 1.03. The predicted molar refractivity (Wildman–Crippen MR) is 52.2 cm³/mol. The zero-order valence-corrected chi connectivity index (χ0v) is 9.20. The Morgan fingerprint density at radius 2 is 2.07 bits per heavy atom. The van der Waals surface area contributed by atoms with Crippen LogP contribution in [-0.2, 0) is 23.5 Å². The number of hydrogen-bond acceptors (Lipinski definition) is 7. The van der Waals surface area contributed by atoms with E-state index in [0.29, 0.717) is 18.6 Å². The summed E-state index contributed by atoms with van der Waals surface area (Å²) < 4.78 is 4.68. The zero-order chi connectivity index (χ0) is 11.8. The second-order valence-electron chi connectivity index (χ2n) is 2.41. The highest BCUT2D eigenvalue weighted by atomic mass is 32.2. The Kier molecular flexibility index (Phi) is 6.76. The fraction of sp³-hybridized carbons (Fsp3) is 0.500. The van der Waals surface area contributed by atoms with Crippen LogP contribution in [0, 0.1) is 0 Å². The number of aliphatic hydroxyl groups is 1. The van der Waals surface area contributed by atoms with E-state index in [4.69, 9.17) is 5.11 Å². The van der Waals surface area contributed by atoms with Crippen LogP contribution in [0.4, 0.5) is 0 Å². The first-order chi connectivity index (χ1) is 6.99. The number of hydrogen-bond donors (Lipinski definition) is 1. The highest BCUT2D eigenvalue weighted by Gasteiger charge is 2.21. The average Bonchev–Trinajstić information content (AvgIpc) is 2.21. The lowest BCUT2D eigenvalue weighted by Gasteiger charge is -2.07. The van der Waals surface area contributed by atoms with Crippen molar-refractivity contribution >= 4 is 24.0 Å². The Labute approximate surface area is 91.3 Å². The van der Waals surface area contributed by atoms with Crippen LogP contribution in [0.2, 0.25) is 0 Å². The Morgan fingerprint density at radius 3 is 2.53 bits per heavy atom. The molecule has 1 N–H and O–H groups in total. The average molecular weight is 236 g/mol. The van der Waals surface area contributed by atoms with Crippen LogP contribution in [0.1, 0.15) is 13.8 Å². The molecule has 0 aliphatic heterocycles. The number of rotatable bonds is 5. The maximum atomic E-state index is 10.9. The lowest BCUT2D eigenvalue weighted by atomic mass is 10.4.